The summed E-state index contributed by atoms with van der Waals surface area (Å²) in [6.07, 6.45) is 5.52. The van der Waals surface area contributed by atoms with Crippen molar-refractivity contribution < 1.29 is 19.0 Å². The van der Waals surface area contributed by atoms with Crippen molar-refractivity contribution in [3.05, 3.63) is 45.0 Å². The Morgan fingerprint density at radius 2 is 1.97 bits per heavy atom. The molecule has 31 heavy (non-hydrogen) atoms. The molecule has 4 rings (SSSR count). The molecule has 0 radical (unpaired) electrons. The number of carbonyl (C=O) groups excluding carboxylic acids is 1. The first-order chi connectivity index (χ1) is 14.7. The van der Waals surface area contributed by atoms with Crippen LogP contribution in [0.25, 0.3) is 0 Å². The molecular formula is C24H27BrN2O4. The van der Waals surface area contributed by atoms with Crippen molar-refractivity contribution in [2.75, 3.05) is 7.11 Å². The van der Waals surface area contributed by atoms with Gasteiger partial charge in [-0.1, -0.05) is 13.8 Å². The van der Waals surface area contributed by atoms with Crippen molar-refractivity contribution in [1.82, 2.24) is 0 Å². The quantitative estimate of drug-likeness (QED) is 0.625. The molecule has 164 valence electrons. The third kappa shape index (κ3) is 4.06. The van der Waals surface area contributed by atoms with Crippen LogP contribution in [0, 0.1) is 16.7 Å². The maximum Gasteiger partial charge on any atom is 0.205 e. The molecule has 1 unspecified atom stereocenters. The Morgan fingerprint density at radius 1 is 1.26 bits per heavy atom. The molecule has 0 aromatic heterocycles. The molecule has 7 heteroatoms. The van der Waals surface area contributed by atoms with E-state index in [1.165, 1.54) is 0 Å². The molecule has 1 heterocycles. The summed E-state index contributed by atoms with van der Waals surface area (Å²) in [5, 5.41) is 9.84. The summed E-state index contributed by atoms with van der Waals surface area (Å²) < 4.78 is 18.4. The zero-order chi connectivity index (χ0) is 22.3. The average Bonchev–Trinajstić information content (AvgIpc) is 3.20. The van der Waals surface area contributed by atoms with Gasteiger partial charge in [-0.05, 0) is 64.7 Å². The second-order valence-corrected chi connectivity index (χ2v) is 10.1. The first-order valence-electron chi connectivity index (χ1n) is 10.6. The Balaban J connectivity index is 1.81. The second-order valence-electron chi connectivity index (χ2n) is 9.26. The molecule has 1 aromatic carbocycles. The van der Waals surface area contributed by atoms with E-state index in [4.69, 9.17) is 19.9 Å². The van der Waals surface area contributed by atoms with Gasteiger partial charge in [-0.15, -0.1) is 0 Å². The topological polar surface area (TPSA) is 94.6 Å². The fourth-order valence-electron chi connectivity index (χ4n) is 4.81. The average molecular weight is 487 g/mol. The van der Waals surface area contributed by atoms with Gasteiger partial charge in [0.1, 0.15) is 17.4 Å². The predicted molar refractivity (Wildman–Crippen MR) is 119 cm³/mol. The number of hydrogen-bond donors (Lipinski definition) is 1. The van der Waals surface area contributed by atoms with E-state index in [0.29, 0.717) is 35.7 Å². The van der Waals surface area contributed by atoms with Gasteiger partial charge >= 0.3 is 0 Å². The molecule has 0 spiro atoms. The summed E-state index contributed by atoms with van der Waals surface area (Å²) >= 11 is 3.62. The minimum atomic E-state index is -0.594. The van der Waals surface area contributed by atoms with Crippen LogP contribution < -0.4 is 15.2 Å². The molecule has 2 aliphatic carbocycles. The van der Waals surface area contributed by atoms with Crippen LogP contribution in [-0.2, 0) is 9.53 Å². The normalized spacial score (nSPS) is 23.3. The molecule has 1 aliphatic heterocycles. The van der Waals surface area contributed by atoms with Crippen LogP contribution in [0.5, 0.6) is 11.5 Å². The Labute approximate surface area is 191 Å². The van der Waals surface area contributed by atoms with E-state index in [1.54, 1.807) is 7.11 Å². The van der Waals surface area contributed by atoms with Crippen molar-refractivity contribution in [3.63, 3.8) is 0 Å². The summed E-state index contributed by atoms with van der Waals surface area (Å²) in [5.41, 5.74) is 7.41. The highest BCUT2D eigenvalue weighted by molar-refractivity contribution is 9.10. The van der Waals surface area contributed by atoms with Crippen molar-refractivity contribution in [2.45, 2.75) is 64.4 Å². The standard InChI is InChI=1S/C24H27BrN2O4/c1-24(2)10-17(28)21-19(11-24)31-23(27)15(12-26)20(21)13-8-16(25)22(18(9-13)29-3)30-14-6-4-5-7-14/h8-9,14,20H,4-7,10-11,27H2,1-3H3. The van der Waals surface area contributed by atoms with Crippen molar-refractivity contribution in [3.8, 4) is 17.6 Å². The zero-order valence-corrected chi connectivity index (χ0v) is 19.7. The van der Waals surface area contributed by atoms with Gasteiger partial charge in [0.05, 0.1) is 23.6 Å². The number of benzene rings is 1. The maximum atomic E-state index is 13.2. The van der Waals surface area contributed by atoms with E-state index in [-0.39, 0.29) is 28.8 Å². The number of nitriles is 1. The highest BCUT2D eigenvalue weighted by atomic mass is 79.9. The fourth-order valence-corrected chi connectivity index (χ4v) is 5.36. The van der Waals surface area contributed by atoms with Crippen LogP contribution in [-0.4, -0.2) is 19.0 Å². The van der Waals surface area contributed by atoms with Crippen LogP contribution in [0.4, 0.5) is 0 Å². The third-order valence-electron chi connectivity index (χ3n) is 6.25. The summed E-state index contributed by atoms with van der Waals surface area (Å²) in [5.74, 6) is 1.21. The number of ether oxygens (including phenoxy) is 3. The minimum absolute atomic E-state index is 0.0159. The molecule has 1 atom stereocenters. The Hall–Kier alpha value is -2.46. The minimum Gasteiger partial charge on any atom is -0.493 e. The highest BCUT2D eigenvalue weighted by Crippen LogP contribution is 2.50. The third-order valence-corrected chi connectivity index (χ3v) is 6.84. The lowest BCUT2D eigenvalue weighted by atomic mass is 9.70. The predicted octanol–water partition coefficient (Wildman–Crippen LogP) is 5.23. The number of nitrogens with zero attached hydrogens (tertiary/aromatic N) is 1. The Bertz CT molecular complexity index is 1030. The van der Waals surface area contributed by atoms with Crippen LogP contribution in [0.1, 0.15) is 63.9 Å². The molecule has 0 saturated heterocycles. The van der Waals surface area contributed by atoms with Crippen LogP contribution in [0.15, 0.2) is 39.4 Å². The van der Waals surface area contributed by atoms with E-state index in [9.17, 15) is 10.1 Å². The molecule has 2 N–H and O–H groups in total. The number of Topliss-reactive ketones (excluding diaryl/α,β-unsaturated/α-hetero) is 1. The van der Waals surface area contributed by atoms with Crippen LogP contribution in [0.3, 0.4) is 0 Å². The SMILES string of the molecule is COc1cc(C2C(C#N)=C(N)OC3=C2C(=O)CC(C)(C)C3)cc(Br)c1OC1CCCC1. The number of methoxy groups -OCH3 is 1. The first-order valence-corrected chi connectivity index (χ1v) is 11.4. The first kappa shape index (κ1) is 21.8. The fraction of sp³-hybridized carbons (Fsp3) is 0.500. The van der Waals surface area contributed by atoms with E-state index < -0.39 is 5.92 Å². The summed E-state index contributed by atoms with van der Waals surface area (Å²) in [4.78, 5) is 13.2. The monoisotopic (exact) mass is 486 g/mol. The van der Waals surface area contributed by atoms with Gasteiger partial charge in [0, 0.05) is 18.4 Å². The molecule has 3 aliphatic rings. The van der Waals surface area contributed by atoms with Gasteiger partial charge in [0.15, 0.2) is 17.3 Å². The largest absolute Gasteiger partial charge is 0.493 e. The van der Waals surface area contributed by atoms with E-state index >= 15 is 0 Å². The van der Waals surface area contributed by atoms with E-state index in [2.05, 4.69) is 22.0 Å². The molecular weight excluding hydrogens is 460 g/mol. The van der Waals surface area contributed by atoms with Crippen molar-refractivity contribution >= 4 is 21.7 Å². The van der Waals surface area contributed by atoms with Gasteiger partial charge in [-0.25, -0.2) is 0 Å². The summed E-state index contributed by atoms with van der Waals surface area (Å²) in [6.45, 7) is 4.06. The number of ketones is 1. The van der Waals surface area contributed by atoms with Gasteiger partial charge in [-0.2, -0.15) is 5.26 Å². The summed E-state index contributed by atoms with van der Waals surface area (Å²) in [6, 6.07) is 5.90. The lowest BCUT2D eigenvalue weighted by molar-refractivity contribution is -0.119. The van der Waals surface area contributed by atoms with E-state index in [0.717, 1.165) is 35.7 Å². The number of nitrogens with two attached hydrogens (primary N) is 1. The Morgan fingerprint density at radius 3 is 2.61 bits per heavy atom. The summed E-state index contributed by atoms with van der Waals surface area (Å²) in [7, 11) is 1.59. The number of rotatable bonds is 4. The van der Waals surface area contributed by atoms with Gasteiger partial charge < -0.3 is 19.9 Å². The number of hydrogen-bond acceptors (Lipinski definition) is 6. The molecule has 0 bridgehead atoms. The maximum absolute atomic E-state index is 13.2. The molecule has 1 saturated carbocycles. The lowest BCUT2D eigenvalue weighted by Crippen LogP contribution is -2.33. The van der Waals surface area contributed by atoms with Crippen LogP contribution >= 0.6 is 15.9 Å². The Kier molecular flexibility index (Phi) is 5.78. The highest BCUT2D eigenvalue weighted by Gasteiger charge is 2.43. The number of carbonyl (C=O) groups is 1. The second kappa shape index (κ2) is 8.23. The molecule has 1 aromatic rings. The number of allylic oxidation sites excluding steroid dienone is 3. The lowest BCUT2D eigenvalue weighted by Gasteiger charge is -2.37. The molecule has 0 amide bonds. The van der Waals surface area contributed by atoms with Gasteiger partial charge in [0.2, 0.25) is 5.88 Å². The van der Waals surface area contributed by atoms with Crippen LogP contribution in [0.2, 0.25) is 0 Å². The van der Waals surface area contributed by atoms with Crippen molar-refractivity contribution in [2.24, 2.45) is 11.1 Å². The zero-order valence-electron chi connectivity index (χ0n) is 18.1. The molecule has 6 nitrogen and oxygen atoms in total. The smallest absolute Gasteiger partial charge is 0.205 e. The van der Waals surface area contributed by atoms with E-state index in [1.807, 2.05) is 26.0 Å². The number of halogens is 1. The molecule has 1 fully saturated rings. The van der Waals surface area contributed by atoms with Gasteiger partial charge in [-0.3, -0.25) is 4.79 Å². The van der Waals surface area contributed by atoms with Gasteiger partial charge in [0.25, 0.3) is 0 Å². The van der Waals surface area contributed by atoms with Crippen molar-refractivity contribution in [1.29, 1.82) is 5.26 Å².